The molecule has 25 heavy (non-hydrogen) atoms. The van der Waals surface area contributed by atoms with Gasteiger partial charge in [0, 0.05) is 5.69 Å². The van der Waals surface area contributed by atoms with Crippen LogP contribution in [-0.2, 0) is 16.0 Å². The Hall–Kier alpha value is -2.53. The third-order valence-corrected chi connectivity index (χ3v) is 4.01. The lowest BCUT2D eigenvalue weighted by Gasteiger charge is -2.16. The van der Waals surface area contributed by atoms with Gasteiger partial charge in [-0.3, -0.25) is 9.59 Å². The lowest BCUT2D eigenvalue weighted by molar-refractivity contribution is -0.141. The zero-order chi connectivity index (χ0) is 18.4. The number of halogens is 1. The number of hydrogen-bond acceptors (Lipinski definition) is 3. The van der Waals surface area contributed by atoms with Crippen LogP contribution in [0.3, 0.4) is 0 Å². The second-order valence-electron chi connectivity index (χ2n) is 5.82. The minimum absolute atomic E-state index is 0.299. The quantitative estimate of drug-likeness (QED) is 0.781. The Morgan fingerprint density at radius 2 is 1.76 bits per heavy atom. The molecule has 2 N–H and O–H groups in total. The fourth-order valence-corrected chi connectivity index (χ4v) is 2.37. The maximum absolute atomic E-state index is 12.2. The fraction of sp³-hybridized carbons (Fsp3) is 0.263. The minimum atomic E-state index is -0.831. The molecule has 5 nitrogen and oxygen atoms in total. The van der Waals surface area contributed by atoms with Gasteiger partial charge in [0.1, 0.15) is 5.75 Å². The van der Waals surface area contributed by atoms with Crippen molar-refractivity contribution in [3.05, 3.63) is 59.1 Å². The van der Waals surface area contributed by atoms with Crippen LogP contribution in [-0.4, -0.2) is 23.1 Å². The van der Waals surface area contributed by atoms with Crippen molar-refractivity contribution in [1.29, 1.82) is 0 Å². The molecule has 0 saturated carbocycles. The standard InChI is InChI=1S/C19H20ClNO4/c1-12(19(23)24)11-14-7-9-15(10-8-14)21-18(22)13(2)25-17-6-4-3-5-16(17)20/h3-10,12-13H,11H2,1-2H3,(H,21,22)(H,23,24). The summed E-state index contributed by atoms with van der Waals surface area (Å²) in [6.07, 6.45) is -0.276. The number of nitrogens with one attached hydrogen (secondary N) is 1. The van der Waals surface area contributed by atoms with Crippen molar-refractivity contribution in [3.8, 4) is 5.75 Å². The summed E-state index contributed by atoms with van der Waals surface area (Å²) in [5.74, 6) is -1.14. The van der Waals surface area contributed by atoms with Gasteiger partial charge in [-0.15, -0.1) is 0 Å². The Morgan fingerprint density at radius 1 is 1.12 bits per heavy atom. The lowest BCUT2D eigenvalue weighted by atomic mass is 10.0. The molecule has 6 heteroatoms. The van der Waals surface area contributed by atoms with E-state index in [0.29, 0.717) is 22.9 Å². The van der Waals surface area contributed by atoms with E-state index >= 15 is 0 Å². The van der Waals surface area contributed by atoms with Crippen molar-refractivity contribution in [1.82, 2.24) is 0 Å². The number of rotatable bonds is 7. The van der Waals surface area contributed by atoms with Crippen LogP contribution in [0.1, 0.15) is 19.4 Å². The molecule has 2 atom stereocenters. The number of carbonyl (C=O) groups is 2. The summed E-state index contributed by atoms with van der Waals surface area (Å²) in [6, 6.07) is 14.0. The van der Waals surface area contributed by atoms with Crippen molar-refractivity contribution in [2.75, 3.05) is 5.32 Å². The first-order valence-corrected chi connectivity index (χ1v) is 8.28. The average molecular weight is 362 g/mol. The fourth-order valence-electron chi connectivity index (χ4n) is 2.19. The first kappa shape index (κ1) is 18.8. The molecule has 0 aliphatic heterocycles. The number of carbonyl (C=O) groups excluding carboxylic acids is 1. The van der Waals surface area contributed by atoms with Crippen LogP contribution in [0, 0.1) is 5.92 Å². The van der Waals surface area contributed by atoms with Gasteiger partial charge in [-0.1, -0.05) is 42.8 Å². The van der Waals surface area contributed by atoms with Crippen LogP contribution in [0.5, 0.6) is 5.75 Å². The van der Waals surface area contributed by atoms with Gasteiger partial charge < -0.3 is 15.2 Å². The van der Waals surface area contributed by atoms with Crippen molar-refractivity contribution in [3.63, 3.8) is 0 Å². The van der Waals surface area contributed by atoms with Gasteiger partial charge in [0.2, 0.25) is 0 Å². The molecular weight excluding hydrogens is 342 g/mol. The number of benzene rings is 2. The van der Waals surface area contributed by atoms with Crippen molar-refractivity contribution in [2.24, 2.45) is 5.92 Å². The van der Waals surface area contributed by atoms with E-state index in [-0.39, 0.29) is 5.91 Å². The van der Waals surface area contributed by atoms with Crippen LogP contribution in [0.4, 0.5) is 5.69 Å². The Bertz CT molecular complexity index is 745. The molecule has 0 fully saturated rings. The smallest absolute Gasteiger partial charge is 0.306 e. The first-order chi connectivity index (χ1) is 11.9. The zero-order valence-electron chi connectivity index (χ0n) is 14.0. The highest BCUT2D eigenvalue weighted by atomic mass is 35.5. The molecule has 0 radical (unpaired) electrons. The summed E-state index contributed by atoms with van der Waals surface area (Å²) in [5, 5.41) is 12.1. The summed E-state index contributed by atoms with van der Waals surface area (Å²) in [7, 11) is 0. The van der Waals surface area contributed by atoms with Crippen LogP contribution in [0.25, 0.3) is 0 Å². The topological polar surface area (TPSA) is 75.6 Å². The Labute approximate surface area is 151 Å². The highest BCUT2D eigenvalue weighted by molar-refractivity contribution is 6.32. The summed E-state index contributed by atoms with van der Waals surface area (Å²) in [5.41, 5.74) is 1.51. The second kappa shape index (κ2) is 8.53. The van der Waals surface area contributed by atoms with E-state index in [9.17, 15) is 9.59 Å². The number of carboxylic acids is 1. The highest BCUT2D eigenvalue weighted by Crippen LogP contribution is 2.24. The van der Waals surface area contributed by atoms with E-state index < -0.39 is 18.0 Å². The van der Waals surface area contributed by atoms with Gasteiger partial charge >= 0.3 is 5.97 Å². The molecule has 0 saturated heterocycles. The van der Waals surface area contributed by atoms with Gasteiger partial charge in [-0.05, 0) is 43.2 Å². The van der Waals surface area contributed by atoms with Crippen LogP contribution in [0.2, 0.25) is 5.02 Å². The van der Waals surface area contributed by atoms with E-state index in [1.807, 2.05) is 0 Å². The number of ether oxygens (including phenoxy) is 1. The number of para-hydroxylation sites is 1. The number of aliphatic carboxylic acids is 1. The largest absolute Gasteiger partial charge is 0.481 e. The molecule has 1 amide bonds. The summed E-state index contributed by atoms with van der Waals surface area (Å²) >= 11 is 6.02. The second-order valence-corrected chi connectivity index (χ2v) is 6.23. The highest BCUT2D eigenvalue weighted by Gasteiger charge is 2.16. The van der Waals surface area contributed by atoms with Crippen LogP contribution in [0.15, 0.2) is 48.5 Å². The zero-order valence-corrected chi connectivity index (χ0v) is 14.8. The van der Waals surface area contributed by atoms with Gasteiger partial charge in [0.05, 0.1) is 10.9 Å². The van der Waals surface area contributed by atoms with Gasteiger partial charge in [-0.2, -0.15) is 0 Å². The predicted molar refractivity (Wildman–Crippen MR) is 97.1 cm³/mol. The van der Waals surface area contributed by atoms with Crippen LogP contribution >= 0.6 is 11.6 Å². The molecule has 2 aromatic rings. The molecule has 0 aliphatic rings. The molecule has 0 spiro atoms. The number of carboxylic acid groups (broad SMARTS) is 1. The third kappa shape index (κ3) is 5.50. The summed E-state index contributed by atoms with van der Waals surface area (Å²) < 4.78 is 5.57. The molecule has 2 unspecified atom stereocenters. The minimum Gasteiger partial charge on any atom is -0.481 e. The van der Waals surface area contributed by atoms with Crippen molar-refractivity contribution in [2.45, 2.75) is 26.4 Å². The van der Waals surface area contributed by atoms with E-state index in [2.05, 4.69) is 5.32 Å². The molecule has 0 heterocycles. The Balaban J connectivity index is 1.93. The van der Waals surface area contributed by atoms with E-state index in [1.54, 1.807) is 62.4 Å². The normalized spacial score (nSPS) is 12.9. The summed E-state index contributed by atoms with van der Waals surface area (Å²) in [4.78, 5) is 23.1. The predicted octanol–water partition coefficient (Wildman–Crippen LogP) is 4.01. The van der Waals surface area contributed by atoms with Gasteiger partial charge in [-0.25, -0.2) is 0 Å². The molecule has 2 rings (SSSR count). The maximum Gasteiger partial charge on any atom is 0.306 e. The molecule has 2 aromatic carbocycles. The van der Waals surface area contributed by atoms with Crippen LogP contribution < -0.4 is 10.1 Å². The molecule has 0 aromatic heterocycles. The Morgan fingerprint density at radius 3 is 2.36 bits per heavy atom. The lowest BCUT2D eigenvalue weighted by Crippen LogP contribution is -2.30. The molecule has 0 aliphatic carbocycles. The van der Waals surface area contributed by atoms with E-state index in [4.69, 9.17) is 21.4 Å². The number of hydrogen-bond donors (Lipinski definition) is 2. The van der Waals surface area contributed by atoms with E-state index in [0.717, 1.165) is 5.56 Å². The average Bonchev–Trinajstić information content (AvgIpc) is 2.58. The first-order valence-electron chi connectivity index (χ1n) is 7.90. The molecular formula is C19H20ClNO4. The summed E-state index contributed by atoms with van der Waals surface area (Å²) in [6.45, 7) is 3.30. The van der Waals surface area contributed by atoms with Gasteiger partial charge in [0.25, 0.3) is 5.91 Å². The third-order valence-electron chi connectivity index (χ3n) is 3.69. The monoisotopic (exact) mass is 361 g/mol. The SMILES string of the molecule is CC(Cc1ccc(NC(=O)C(C)Oc2ccccc2Cl)cc1)C(=O)O. The number of anilines is 1. The molecule has 0 bridgehead atoms. The van der Waals surface area contributed by atoms with Gasteiger partial charge in [0.15, 0.2) is 6.10 Å². The van der Waals surface area contributed by atoms with Crippen molar-refractivity contribution >= 4 is 29.2 Å². The Kier molecular flexibility index (Phi) is 6.42. The van der Waals surface area contributed by atoms with E-state index in [1.165, 1.54) is 0 Å². The maximum atomic E-state index is 12.2. The van der Waals surface area contributed by atoms with Crippen molar-refractivity contribution < 1.29 is 19.4 Å². The molecule has 132 valence electrons. The number of amides is 1.